The minimum atomic E-state index is -3.83. The average molecular weight is 283 g/mol. The Labute approximate surface area is 108 Å². The van der Waals surface area contributed by atoms with Gasteiger partial charge in [-0.2, -0.15) is 4.98 Å². The Balaban J connectivity index is 2.19. The monoisotopic (exact) mass is 283 g/mol. The molecule has 100 valence electrons. The van der Waals surface area contributed by atoms with Crippen LogP contribution in [0.3, 0.4) is 0 Å². The maximum atomic E-state index is 11.9. The number of carboxylic acid groups (broad SMARTS) is 1. The van der Waals surface area contributed by atoms with Crippen LogP contribution in [0.2, 0.25) is 0 Å². The third-order valence-electron chi connectivity index (χ3n) is 2.22. The van der Waals surface area contributed by atoms with Crippen molar-refractivity contribution in [1.82, 2.24) is 14.9 Å². The molecule has 0 atom stereocenters. The molecule has 0 unspecified atom stereocenters. The highest BCUT2D eigenvalue weighted by atomic mass is 32.2. The lowest BCUT2D eigenvalue weighted by Gasteiger charge is -2.05. The van der Waals surface area contributed by atoms with Gasteiger partial charge in [0.25, 0.3) is 0 Å². The Bertz CT molecular complexity index is 681. The second-order valence-electron chi connectivity index (χ2n) is 3.50. The molecule has 1 aromatic carbocycles. The molecule has 8 nitrogen and oxygen atoms in total. The van der Waals surface area contributed by atoms with E-state index in [1.54, 1.807) is 0 Å². The maximum absolute atomic E-state index is 11.9. The molecular weight excluding hydrogens is 274 g/mol. The van der Waals surface area contributed by atoms with Gasteiger partial charge in [0.05, 0.1) is 17.0 Å². The van der Waals surface area contributed by atoms with E-state index >= 15 is 0 Å². The summed E-state index contributed by atoms with van der Waals surface area (Å²) in [6.45, 7) is -0.143. The molecule has 1 aromatic heterocycles. The summed E-state index contributed by atoms with van der Waals surface area (Å²) in [5, 5.41) is 12.3. The predicted molar refractivity (Wildman–Crippen MR) is 61.7 cm³/mol. The Morgan fingerprint density at radius 1 is 1.42 bits per heavy atom. The van der Waals surface area contributed by atoms with Crippen molar-refractivity contribution >= 4 is 16.0 Å². The van der Waals surface area contributed by atoms with Crippen LogP contribution in [-0.2, 0) is 16.6 Å². The van der Waals surface area contributed by atoms with Gasteiger partial charge in [-0.25, -0.2) is 17.9 Å². The standard InChI is InChI=1S/C10H9N3O5S/c14-10(15)7-2-1-3-8(4-7)19(16,17)12-5-9-11-6-18-13-9/h1-4,6,12H,5H2,(H,14,15). The molecule has 2 aromatic rings. The number of carbonyl (C=O) groups is 1. The van der Waals surface area contributed by atoms with Crippen molar-refractivity contribution in [3.63, 3.8) is 0 Å². The zero-order valence-corrected chi connectivity index (χ0v) is 10.3. The van der Waals surface area contributed by atoms with Crippen LogP contribution in [0.1, 0.15) is 16.2 Å². The molecule has 0 saturated carbocycles. The van der Waals surface area contributed by atoms with E-state index in [-0.39, 0.29) is 22.8 Å². The van der Waals surface area contributed by atoms with E-state index in [4.69, 9.17) is 5.11 Å². The number of benzene rings is 1. The van der Waals surface area contributed by atoms with E-state index in [0.717, 1.165) is 12.5 Å². The lowest BCUT2D eigenvalue weighted by atomic mass is 10.2. The van der Waals surface area contributed by atoms with Gasteiger partial charge in [0.1, 0.15) is 0 Å². The first-order valence-corrected chi connectivity index (χ1v) is 6.55. The molecule has 0 aliphatic heterocycles. The first-order valence-electron chi connectivity index (χ1n) is 5.07. The molecule has 2 rings (SSSR count). The van der Waals surface area contributed by atoms with Gasteiger partial charge in [-0.1, -0.05) is 11.2 Å². The highest BCUT2D eigenvalue weighted by molar-refractivity contribution is 7.89. The van der Waals surface area contributed by atoms with E-state index in [2.05, 4.69) is 19.4 Å². The molecule has 2 N–H and O–H groups in total. The van der Waals surface area contributed by atoms with E-state index in [0.29, 0.717) is 0 Å². The molecule has 0 aliphatic rings. The first-order chi connectivity index (χ1) is 8.99. The van der Waals surface area contributed by atoms with E-state index in [1.165, 1.54) is 18.2 Å². The van der Waals surface area contributed by atoms with Crippen LogP contribution in [0, 0.1) is 0 Å². The van der Waals surface area contributed by atoms with Crippen molar-refractivity contribution in [2.45, 2.75) is 11.4 Å². The lowest BCUT2D eigenvalue weighted by Crippen LogP contribution is -2.24. The van der Waals surface area contributed by atoms with Crippen molar-refractivity contribution in [1.29, 1.82) is 0 Å². The summed E-state index contributed by atoms with van der Waals surface area (Å²) >= 11 is 0. The number of nitrogens with one attached hydrogen (secondary N) is 1. The molecule has 0 fully saturated rings. The average Bonchev–Trinajstić information content (AvgIpc) is 2.90. The largest absolute Gasteiger partial charge is 0.478 e. The van der Waals surface area contributed by atoms with Crippen LogP contribution in [0.25, 0.3) is 0 Å². The molecule has 9 heteroatoms. The van der Waals surface area contributed by atoms with Crippen LogP contribution in [0.5, 0.6) is 0 Å². The summed E-state index contributed by atoms with van der Waals surface area (Å²) in [5.41, 5.74) is -0.109. The third-order valence-corrected chi connectivity index (χ3v) is 3.62. The second kappa shape index (κ2) is 5.16. The van der Waals surface area contributed by atoms with Crippen molar-refractivity contribution in [2.75, 3.05) is 0 Å². The van der Waals surface area contributed by atoms with Gasteiger partial charge in [-0.3, -0.25) is 0 Å². The molecule has 1 heterocycles. The smallest absolute Gasteiger partial charge is 0.335 e. The predicted octanol–water partition coefficient (Wildman–Crippen LogP) is 0.246. The third kappa shape index (κ3) is 3.14. The summed E-state index contributed by atoms with van der Waals surface area (Å²) in [6, 6.07) is 5.03. The number of aromatic nitrogens is 2. The van der Waals surface area contributed by atoms with E-state index in [1.807, 2.05) is 0 Å². The van der Waals surface area contributed by atoms with Crippen molar-refractivity contribution in [2.24, 2.45) is 0 Å². The fourth-order valence-electron chi connectivity index (χ4n) is 1.31. The van der Waals surface area contributed by atoms with Gasteiger partial charge in [-0.05, 0) is 18.2 Å². The van der Waals surface area contributed by atoms with Crippen molar-refractivity contribution < 1.29 is 22.8 Å². The van der Waals surface area contributed by atoms with Gasteiger partial charge >= 0.3 is 5.97 Å². The van der Waals surface area contributed by atoms with Gasteiger partial charge in [0.15, 0.2) is 5.82 Å². The lowest BCUT2D eigenvalue weighted by molar-refractivity contribution is 0.0696. The molecular formula is C10H9N3O5S. The minimum absolute atomic E-state index is 0.109. The minimum Gasteiger partial charge on any atom is -0.478 e. The Kier molecular flexibility index (Phi) is 3.58. The highest BCUT2D eigenvalue weighted by Crippen LogP contribution is 2.11. The summed E-state index contributed by atoms with van der Waals surface area (Å²) in [7, 11) is -3.83. The number of hydrogen-bond acceptors (Lipinski definition) is 6. The summed E-state index contributed by atoms with van der Waals surface area (Å²) in [5.74, 6) is -1.02. The fraction of sp³-hybridized carbons (Fsp3) is 0.100. The van der Waals surface area contributed by atoms with Crippen LogP contribution in [0.15, 0.2) is 40.1 Å². The normalized spacial score (nSPS) is 11.4. The number of aromatic carboxylic acids is 1. The number of carboxylic acids is 1. The summed E-state index contributed by atoms with van der Waals surface area (Å²) in [6.07, 6.45) is 1.08. The quantitative estimate of drug-likeness (QED) is 0.806. The van der Waals surface area contributed by atoms with Gasteiger partial charge in [0, 0.05) is 0 Å². The second-order valence-corrected chi connectivity index (χ2v) is 5.27. The number of nitrogens with zero attached hydrogens (tertiary/aromatic N) is 2. The Morgan fingerprint density at radius 3 is 2.84 bits per heavy atom. The van der Waals surface area contributed by atoms with Crippen molar-refractivity contribution in [3.05, 3.63) is 42.0 Å². The molecule has 0 amide bonds. The molecule has 0 radical (unpaired) electrons. The van der Waals surface area contributed by atoms with Crippen molar-refractivity contribution in [3.8, 4) is 0 Å². The number of sulfonamides is 1. The summed E-state index contributed by atoms with van der Waals surface area (Å²) < 4.78 is 30.5. The van der Waals surface area contributed by atoms with E-state index in [9.17, 15) is 13.2 Å². The molecule has 0 spiro atoms. The van der Waals surface area contributed by atoms with Gasteiger partial charge < -0.3 is 9.63 Å². The molecule has 19 heavy (non-hydrogen) atoms. The molecule has 0 saturated heterocycles. The topological polar surface area (TPSA) is 122 Å². The zero-order chi connectivity index (χ0) is 13.9. The Morgan fingerprint density at radius 2 is 2.21 bits per heavy atom. The SMILES string of the molecule is O=C(O)c1cccc(S(=O)(=O)NCc2ncon2)c1. The summed E-state index contributed by atoms with van der Waals surface area (Å²) in [4.78, 5) is 14.3. The zero-order valence-electron chi connectivity index (χ0n) is 9.48. The van der Waals surface area contributed by atoms with Crippen LogP contribution >= 0.6 is 0 Å². The van der Waals surface area contributed by atoms with E-state index < -0.39 is 16.0 Å². The van der Waals surface area contributed by atoms with Crippen LogP contribution in [-0.4, -0.2) is 29.6 Å². The maximum Gasteiger partial charge on any atom is 0.335 e. The van der Waals surface area contributed by atoms with Crippen LogP contribution in [0.4, 0.5) is 0 Å². The molecule has 0 bridgehead atoms. The Hall–Kier alpha value is -2.26. The van der Waals surface area contributed by atoms with Crippen LogP contribution < -0.4 is 4.72 Å². The number of hydrogen-bond donors (Lipinski definition) is 2. The number of rotatable bonds is 5. The van der Waals surface area contributed by atoms with Gasteiger partial charge in [0.2, 0.25) is 16.4 Å². The first kappa shape index (κ1) is 13.2. The van der Waals surface area contributed by atoms with Gasteiger partial charge in [-0.15, -0.1) is 0 Å². The highest BCUT2D eigenvalue weighted by Gasteiger charge is 2.16. The fourth-order valence-corrected chi connectivity index (χ4v) is 2.34. The molecule has 0 aliphatic carbocycles.